The standard InChI is InChI=1S/C20H20N4O2S/c1-13-6-8-14(9-7-13)15-10-11-19(26)24(23-15)12-18(25)22-20-21-16-4-2-3-5-17(16)27-20/h6-11H,2-5,12H2,1H3,(H,21,22,25). The highest BCUT2D eigenvalue weighted by Gasteiger charge is 2.17. The predicted molar refractivity (Wildman–Crippen MR) is 106 cm³/mol. The summed E-state index contributed by atoms with van der Waals surface area (Å²) >= 11 is 1.53. The molecule has 1 aromatic carbocycles. The molecule has 138 valence electrons. The normalized spacial score (nSPS) is 13.2. The van der Waals surface area contributed by atoms with Gasteiger partial charge >= 0.3 is 0 Å². The molecule has 6 nitrogen and oxygen atoms in total. The third-order valence-corrected chi connectivity index (χ3v) is 5.67. The van der Waals surface area contributed by atoms with E-state index >= 15 is 0 Å². The molecule has 2 aromatic heterocycles. The van der Waals surface area contributed by atoms with Crippen molar-refractivity contribution in [3.05, 3.63) is 62.9 Å². The number of anilines is 1. The molecule has 0 fully saturated rings. The highest BCUT2D eigenvalue weighted by molar-refractivity contribution is 7.15. The zero-order chi connectivity index (χ0) is 18.8. The van der Waals surface area contributed by atoms with Crippen LogP contribution in [-0.4, -0.2) is 20.7 Å². The van der Waals surface area contributed by atoms with E-state index in [9.17, 15) is 9.59 Å². The number of rotatable bonds is 4. The maximum atomic E-state index is 12.4. The molecule has 7 heteroatoms. The van der Waals surface area contributed by atoms with E-state index in [-0.39, 0.29) is 18.0 Å². The molecule has 0 saturated heterocycles. The van der Waals surface area contributed by atoms with E-state index in [1.54, 1.807) is 6.07 Å². The van der Waals surface area contributed by atoms with E-state index in [1.807, 2.05) is 31.2 Å². The molecule has 1 aliphatic rings. The highest BCUT2D eigenvalue weighted by atomic mass is 32.1. The first kappa shape index (κ1) is 17.6. The number of nitrogens with one attached hydrogen (secondary N) is 1. The third kappa shape index (κ3) is 3.98. The molecule has 0 bridgehead atoms. The zero-order valence-electron chi connectivity index (χ0n) is 15.1. The number of nitrogens with zero attached hydrogens (tertiary/aromatic N) is 3. The number of aromatic nitrogens is 3. The minimum atomic E-state index is -0.306. The first-order chi connectivity index (χ1) is 13.1. The van der Waals surface area contributed by atoms with E-state index in [4.69, 9.17) is 0 Å². The maximum absolute atomic E-state index is 12.4. The Morgan fingerprint density at radius 2 is 1.93 bits per heavy atom. The van der Waals surface area contributed by atoms with Gasteiger partial charge in [0.05, 0.1) is 11.4 Å². The van der Waals surface area contributed by atoms with Crippen LogP contribution in [0.25, 0.3) is 11.3 Å². The van der Waals surface area contributed by atoms with Crippen molar-refractivity contribution in [3.8, 4) is 11.3 Å². The highest BCUT2D eigenvalue weighted by Crippen LogP contribution is 2.29. The summed E-state index contributed by atoms with van der Waals surface area (Å²) in [6.07, 6.45) is 4.33. The van der Waals surface area contributed by atoms with Gasteiger partial charge in [-0.25, -0.2) is 9.67 Å². The van der Waals surface area contributed by atoms with Gasteiger partial charge in [0, 0.05) is 16.5 Å². The van der Waals surface area contributed by atoms with Crippen LogP contribution >= 0.6 is 11.3 Å². The number of carbonyl (C=O) groups excluding carboxylic acids is 1. The molecule has 0 atom stereocenters. The Morgan fingerprint density at radius 3 is 2.70 bits per heavy atom. The zero-order valence-corrected chi connectivity index (χ0v) is 15.9. The molecule has 0 radical (unpaired) electrons. The average molecular weight is 380 g/mol. The lowest BCUT2D eigenvalue weighted by atomic mass is 10.0. The summed E-state index contributed by atoms with van der Waals surface area (Å²) in [5, 5.41) is 7.76. The van der Waals surface area contributed by atoms with Gasteiger partial charge in [-0.1, -0.05) is 29.8 Å². The molecule has 1 amide bonds. The van der Waals surface area contributed by atoms with Gasteiger partial charge < -0.3 is 5.32 Å². The van der Waals surface area contributed by atoms with Gasteiger partial charge in [-0.15, -0.1) is 11.3 Å². The van der Waals surface area contributed by atoms with Crippen molar-refractivity contribution in [2.24, 2.45) is 0 Å². The number of hydrogen-bond acceptors (Lipinski definition) is 5. The fourth-order valence-electron chi connectivity index (χ4n) is 3.14. The predicted octanol–water partition coefficient (Wildman–Crippen LogP) is 3.19. The van der Waals surface area contributed by atoms with E-state index in [0.717, 1.165) is 36.1 Å². The second-order valence-electron chi connectivity index (χ2n) is 6.72. The van der Waals surface area contributed by atoms with Gasteiger partial charge in [0.25, 0.3) is 5.56 Å². The Hall–Kier alpha value is -2.80. The Kier molecular flexibility index (Phi) is 4.85. The van der Waals surface area contributed by atoms with Crippen LogP contribution in [0.1, 0.15) is 29.0 Å². The monoisotopic (exact) mass is 380 g/mol. The van der Waals surface area contributed by atoms with Gasteiger partial charge in [0.15, 0.2) is 5.13 Å². The van der Waals surface area contributed by atoms with Crippen molar-refractivity contribution < 1.29 is 4.79 Å². The summed E-state index contributed by atoms with van der Waals surface area (Å²) in [5.41, 5.74) is 3.50. The lowest BCUT2D eigenvalue weighted by molar-refractivity contribution is -0.117. The number of carbonyl (C=O) groups is 1. The molecule has 2 heterocycles. The maximum Gasteiger partial charge on any atom is 0.267 e. The number of benzene rings is 1. The minimum Gasteiger partial charge on any atom is -0.300 e. The smallest absolute Gasteiger partial charge is 0.267 e. The summed E-state index contributed by atoms with van der Waals surface area (Å²) < 4.78 is 1.19. The number of hydrogen-bond donors (Lipinski definition) is 1. The first-order valence-electron chi connectivity index (χ1n) is 9.02. The molecule has 1 N–H and O–H groups in total. The number of thiazole rings is 1. The molecule has 0 spiro atoms. The van der Waals surface area contributed by atoms with Crippen LogP contribution in [0.2, 0.25) is 0 Å². The topological polar surface area (TPSA) is 76.9 Å². The van der Waals surface area contributed by atoms with Crippen LogP contribution in [0, 0.1) is 6.92 Å². The van der Waals surface area contributed by atoms with E-state index < -0.39 is 0 Å². The lowest BCUT2D eigenvalue weighted by Gasteiger charge is -2.07. The van der Waals surface area contributed by atoms with Crippen LogP contribution in [0.3, 0.4) is 0 Å². The van der Waals surface area contributed by atoms with Crippen molar-refractivity contribution in [3.63, 3.8) is 0 Å². The summed E-state index contributed by atoms with van der Waals surface area (Å²) in [7, 11) is 0. The SMILES string of the molecule is Cc1ccc(-c2ccc(=O)n(CC(=O)Nc3nc4c(s3)CCCC4)n2)cc1. The van der Waals surface area contributed by atoms with Crippen molar-refractivity contribution >= 4 is 22.4 Å². The molecular formula is C20H20N4O2S. The Bertz CT molecular complexity index is 1010. The lowest BCUT2D eigenvalue weighted by Crippen LogP contribution is -2.29. The summed E-state index contributed by atoms with van der Waals surface area (Å²) in [6, 6.07) is 11.0. The molecule has 0 unspecified atom stereocenters. The van der Waals surface area contributed by atoms with Crippen LogP contribution < -0.4 is 10.9 Å². The van der Waals surface area contributed by atoms with Crippen LogP contribution in [0.4, 0.5) is 5.13 Å². The number of amides is 1. The molecule has 4 rings (SSSR count). The minimum absolute atomic E-state index is 0.136. The second-order valence-corrected chi connectivity index (χ2v) is 7.81. The fourth-order valence-corrected chi connectivity index (χ4v) is 4.21. The Balaban J connectivity index is 1.50. The van der Waals surface area contributed by atoms with Gasteiger partial charge in [-0.2, -0.15) is 5.10 Å². The third-order valence-electron chi connectivity index (χ3n) is 4.60. The molecule has 27 heavy (non-hydrogen) atoms. The molecule has 1 aliphatic carbocycles. The Labute approximate surface area is 160 Å². The van der Waals surface area contributed by atoms with Gasteiger partial charge in [0.1, 0.15) is 6.54 Å². The largest absolute Gasteiger partial charge is 0.300 e. The fraction of sp³-hybridized carbons (Fsp3) is 0.300. The van der Waals surface area contributed by atoms with Crippen LogP contribution in [0.15, 0.2) is 41.2 Å². The van der Waals surface area contributed by atoms with Crippen molar-refractivity contribution in [2.45, 2.75) is 39.2 Å². The summed E-state index contributed by atoms with van der Waals surface area (Å²) in [5.74, 6) is -0.295. The summed E-state index contributed by atoms with van der Waals surface area (Å²) in [4.78, 5) is 30.3. The van der Waals surface area contributed by atoms with Crippen LogP contribution in [0.5, 0.6) is 0 Å². The first-order valence-corrected chi connectivity index (χ1v) is 9.84. The molecule has 3 aromatic rings. The Morgan fingerprint density at radius 1 is 1.15 bits per heavy atom. The van der Waals surface area contributed by atoms with Crippen molar-refractivity contribution in [2.75, 3.05) is 5.32 Å². The van der Waals surface area contributed by atoms with E-state index in [0.29, 0.717) is 10.8 Å². The van der Waals surface area contributed by atoms with Gasteiger partial charge in [-0.3, -0.25) is 9.59 Å². The summed E-state index contributed by atoms with van der Waals surface area (Å²) in [6.45, 7) is 1.88. The average Bonchev–Trinajstić information content (AvgIpc) is 3.06. The van der Waals surface area contributed by atoms with Gasteiger partial charge in [-0.05, 0) is 38.7 Å². The molecule has 0 aliphatic heterocycles. The van der Waals surface area contributed by atoms with Crippen LogP contribution in [-0.2, 0) is 24.2 Å². The van der Waals surface area contributed by atoms with E-state index in [1.165, 1.54) is 33.4 Å². The molecule has 0 saturated carbocycles. The van der Waals surface area contributed by atoms with Gasteiger partial charge in [0.2, 0.25) is 5.91 Å². The van der Waals surface area contributed by atoms with E-state index in [2.05, 4.69) is 15.4 Å². The molecular weight excluding hydrogens is 360 g/mol. The van der Waals surface area contributed by atoms with Crippen molar-refractivity contribution in [1.82, 2.24) is 14.8 Å². The quantitative estimate of drug-likeness (QED) is 0.754. The number of fused-ring (bicyclic) bond motifs is 1. The number of aryl methyl sites for hydroxylation is 3. The second kappa shape index (κ2) is 7.44. The van der Waals surface area contributed by atoms with Crippen molar-refractivity contribution in [1.29, 1.82) is 0 Å².